The van der Waals surface area contributed by atoms with E-state index < -0.39 is 6.04 Å². The van der Waals surface area contributed by atoms with E-state index in [-0.39, 0.29) is 5.97 Å². The average molecular weight is 211 g/mol. The van der Waals surface area contributed by atoms with Crippen LogP contribution in [0.3, 0.4) is 0 Å². The molecule has 0 amide bonds. The Morgan fingerprint density at radius 3 is 2.73 bits per heavy atom. The van der Waals surface area contributed by atoms with Gasteiger partial charge in [0.25, 0.3) is 0 Å². The van der Waals surface area contributed by atoms with Crippen LogP contribution in [0.4, 0.5) is 5.82 Å². The molecule has 1 rings (SSSR count). The molecule has 0 aliphatic carbocycles. The second-order valence-electron chi connectivity index (χ2n) is 3.92. The van der Waals surface area contributed by atoms with Gasteiger partial charge in [-0.1, -0.05) is 13.8 Å². The Bertz CT molecular complexity index is 333. The van der Waals surface area contributed by atoms with Gasteiger partial charge >= 0.3 is 5.97 Å². The summed E-state index contributed by atoms with van der Waals surface area (Å²) in [5, 5.41) is 3.95. The normalized spacial score (nSPS) is 12.8. The second-order valence-corrected chi connectivity index (χ2v) is 3.92. The molecular formula is C10H17N3O2. The van der Waals surface area contributed by atoms with Crippen molar-refractivity contribution >= 4 is 11.8 Å². The summed E-state index contributed by atoms with van der Waals surface area (Å²) >= 11 is 0. The molecule has 0 saturated carbocycles. The van der Waals surface area contributed by atoms with Gasteiger partial charge in [-0.3, -0.25) is 4.68 Å². The average Bonchev–Trinajstić information content (AvgIpc) is 2.60. The predicted molar refractivity (Wildman–Crippen MR) is 57.1 cm³/mol. The maximum Gasteiger partial charge on any atom is 0.330 e. The first-order chi connectivity index (χ1) is 7.00. The lowest BCUT2D eigenvalue weighted by atomic mass is 10.2. The van der Waals surface area contributed by atoms with Crippen LogP contribution in [0.2, 0.25) is 0 Å². The first-order valence-corrected chi connectivity index (χ1v) is 4.98. The van der Waals surface area contributed by atoms with Gasteiger partial charge in [0.15, 0.2) is 0 Å². The summed E-state index contributed by atoms with van der Waals surface area (Å²) < 4.78 is 6.59. The second kappa shape index (κ2) is 4.82. The molecule has 84 valence electrons. The van der Waals surface area contributed by atoms with E-state index in [0.29, 0.717) is 18.3 Å². The molecule has 0 aromatic carbocycles. The quantitative estimate of drug-likeness (QED) is 0.760. The molecule has 5 heteroatoms. The van der Waals surface area contributed by atoms with Crippen LogP contribution in [0, 0.1) is 5.92 Å². The molecule has 0 aliphatic rings. The van der Waals surface area contributed by atoms with Gasteiger partial charge in [-0.05, 0) is 18.9 Å². The van der Waals surface area contributed by atoms with E-state index in [9.17, 15) is 4.79 Å². The van der Waals surface area contributed by atoms with Crippen LogP contribution in [-0.2, 0) is 9.53 Å². The number of nitrogens with zero attached hydrogens (tertiary/aromatic N) is 2. The Balaban J connectivity index is 2.53. The van der Waals surface area contributed by atoms with Crippen LogP contribution >= 0.6 is 0 Å². The summed E-state index contributed by atoms with van der Waals surface area (Å²) in [4.78, 5) is 11.5. The fourth-order valence-corrected chi connectivity index (χ4v) is 1.05. The van der Waals surface area contributed by atoms with Gasteiger partial charge in [0.2, 0.25) is 0 Å². The Morgan fingerprint density at radius 2 is 2.27 bits per heavy atom. The topological polar surface area (TPSA) is 70.1 Å². The first kappa shape index (κ1) is 11.6. The molecule has 1 heterocycles. The zero-order valence-corrected chi connectivity index (χ0v) is 9.30. The number of hydrogen-bond acceptors (Lipinski definition) is 4. The monoisotopic (exact) mass is 211 g/mol. The van der Waals surface area contributed by atoms with Gasteiger partial charge in [-0.2, -0.15) is 5.10 Å². The maximum atomic E-state index is 11.5. The molecule has 0 fully saturated rings. The van der Waals surface area contributed by atoms with Crippen molar-refractivity contribution in [2.75, 3.05) is 12.3 Å². The molecule has 1 atom stereocenters. The van der Waals surface area contributed by atoms with Crippen LogP contribution in [-0.4, -0.2) is 22.4 Å². The number of anilines is 1. The van der Waals surface area contributed by atoms with Gasteiger partial charge in [0, 0.05) is 6.20 Å². The van der Waals surface area contributed by atoms with Crippen molar-refractivity contribution in [2.45, 2.75) is 26.8 Å². The number of rotatable bonds is 4. The molecule has 15 heavy (non-hydrogen) atoms. The SMILES string of the molecule is CC(C)COC(=O)[C@H](C)n1ccc(N)n1. The van der Waals surface area contributed by atoms with E-state index >= 15 is 0 Å². The Labute approximate surface area is 89.2 Å². The molecule has 0 saturated heterocycles. The molecular weight excluding hydrogens is 194 g/mol. The number of carbonyl (C=O) groups is 1. The van der Waals surface area contributed by atoms with Crippen LogP contribution in [0.5, 0.6) is 0 Å². The Morgan fingerprint density at radius 1 is 1.60 bits per heavy atom. The van der Waals surface area contributed by atoms with Gasteiger partial charge in [-0.15, -0.1) is 0 Å². The summed E-state index contributed by atoms with van der Waals surface area (Å²) in [6.07, 6.45) is 1.66. The number of esters is 1. The third-order valence-corrected chi connectivity index (χ3v) is 1.93. The zero-order valence-electron chi connectivity index (χ0n) is 9.30. The number of carbonyl (C=O) groups excluding carboxylic acids is 1. The van der Waals surface area contributed by atoms with E-state index in [2.05, 4.69) is 5.10 Å². The van der Waals surface area contributed by atoms with Crippen molar-refractivity contribution in [1.82, 2.24) is 9.78 Å². The Kier molecular flexibility index (Phi) is 3.71. The smallest absolute Gasteiger partial charge is 0.330 e. The standard InChI is InChI=1S/C10H17N3O2/c1-7(2)6-15-10(14)8(3)13-5-4-9(11)12-13/h4-5,7-8H,6H2,1-3H3,(H2,11,12)/t8-/m0/s1. The van der Waals surface area contributed by atoms with Gasteiger partial charge in [0.05, 0.1) is 6.61 Å². The fraction of sp³-hybridized carbons (Fsp3) is 0.600. The first-order valence-electron chi connectivity index (χ1n) is 4.98. The van der Waals surface area contributed by atoms with E-state index in [1.165, 1.54) is 4.68 Å². The lowest BCUT2D eigenvalue weighted by Gasteiger charge is -2.12. The maximum absolute atomic E-state index is 11.5. The van der Waals surface area contributed by atoms with Crippen LogP contribution in [0.1, 0.15) is 26.8 Å². The van der Waals surface area contributed by atoms with Gasteiger partial charge in [-0.25, -0.2) is 4.79 Å². The minimum atomic E-state index is -0.430. The number of aromatic nitrogens is 2. The molecule has 1 aromatic rings. The van der Waals surface area contributed by atoms with E-state index in [1.807, 2.05) is 13.8 Å². The molecule has 0 bridgehead atoms. The van der Waals surface area contributed by atoms with Gasteiger partial charge < -0.3 is 10.5 Å². The van der Waals surface area contributed by atoms with E-state index in [1.54, 1.807) is 19.2 Å². The highest BCUT2D eigenvalue weighted by Gasteiger charge is 2.17. The fourth-order valence-electron chi connectivity index (χ4n) is 1.05. The van der Waals surface area contributed by atoms with Crippen molar-refractivity contribution in [1.29, 1.82) is 0 Å². The highest BCUT2D eigenvalue weighted by Crippen LogP contribution is 2.09. The molecule has 0 unspecified atom stereocenters. The largest absolute Gasteiger partial charge is 0.464 e. The number of nitrogen functional groups attached to an aromatic ring is 1. The van der Waals surface area contributed by atoms with Crippen LogP contribution in [0.15, 0.2) is 12.3 Å². The zero-order chi connectivity index (χ0) is 11.4. The molecule has 0 aliphatic heterocycles. The number of hydrogen-bond donors (Lipinski definition) is 1. The summed E-state index contributed by atoms with van der Waals surface area (Å²) in [6, 6.07) is 1.22. The lowest BCUT2D eigenvalue weighted by molar-refractivity contribution is -0.148. The molecule has 0 radical (unpaired) electrons. The molecule has 1 aromatic heterocycles. The van der Waals surface area contributed by atoms with E-state index in [0.717, 1.165) is 0 Å². The van der Waals surface area contributed by atoms with Crippen LogP contribution in [0.25, 0.3) is 0 Å². The molecule has 0 spiro atoms. The minimum Gasteiger partial charge on any atom is -0.464 e. The summed E-state index contributed by atoms with van der Waals surface area (Å²) in [5.74, 6) is 0.453. The van der Waals surface area contributed by atoms with Crippen molar-refractivity contribution in [3.05, 3.63) is 12.3 Å². The van der Waals surface area contributed by atoms with Crippen molar-refractivity contribution in [3.8, 4) is 0 Å². The minimum absolute atomic E-state index is 0.285. The van der Waals surface area contributed by atoms with Crippen molar-refractivity contribution < 1.29 is 9.53 Å². The predicted octanol–water partition coefficient (Wildman–Crippen LogP) is 1.23. The third kappa shape index (κ3) is 3.27. The lowest BCUT2D eigenvalue weighted by Crippen LogP contribution is -2.21. The summed E-state index contributed by atoms with van der Waals surface area (Å²) in [6.45, 7) is 6.14. The van der Waals surface area contributed by atoms with Crippen molar-refractivity contribution in [3.63, 3.8) is 0 Å². The summed E-state index contributed by atoms with van der Waals surface area (Å²) in [7, 11) is 0. The molecule has 2 N–H and O–H groups in total. The van der Waals surface area contributed by atoms with Crippen molar-refractivity contribution in [2.24, 2.45) is 5.92 Å². The number of nitrogens with two attached hydrogens (primary N) is 1. The van der Waals surface area contributed by atoms with Crippen LogP contribution < -0.4 is 5.73 Å². The summed E-state index contributed by atoms with van der Waals surface area (Å²) in [5.41, 5.74) is 5.45. The highest BCUT2D eigenvalue weighted by molar-refractivity contribution is 5.73. The van der Waals surface area contributed by atoms with Gasteiger partial charge in [0.1, 0.15) is 11.9 Å². The third-order valence-electron chi connectivity index (χ3n) is 1.93. The molecule has 5 nitrogen and oxygen atoms in total. The Hall–Kier alpha value is -1.52. The highest BCUT2D eigenvalue weighted by atomic mass is 16.5. The number of ether oxygens (including phenoxy) is 1. The van der Waals surface area contributed by atoms with E-state index in [4.69, 9.17) is 10.5 Å².